The fourth-order valence-corrected chi connectivity index (χ4v) is 5.85. The smallest absolute Gasteiger partial charge is 0.153 e. The zero-order valence-corrected chi connectivity index (χ0v) is 17.1. The van der Waals surface area contributed by atoms with Crippen LogP contribution in [0.15, 0.2) is 48.8 Å². The van der Waals surface area contributed by atoms with E-state index >= 15 is 0 Å². The van der Waals surface area contributed by atoms with E-state index in [2.05, 4.69) is 28.4 Å². The van der Waals surface area contributed by atoms with E-state index in [0.29, 0.717) is 6.42 Å². The summed E-state index contributed by atoms with van der Waals surface area (Å²) in [5.41, 5.74) is 4.95. The van der Waals surface area contributed by atoms with Crippen molar-refractivity contribution in [3.05, 3.63) is 65.6 Å². The molecule has 0 amide bonds. The fraction of sp³-hybridized carbons (Fsp3) is 0.375. The van der Waals surface area contributed by atoms with Gasteiger partial charge < -0.3 is 0 Å². The Labute approximate surface area is 175 Å². The van der Waals surface area contributed by atoms with Gasteiger partial charge in [0, 0.05) is 29.5 Å². The van der Waals surface area contributed by atoms with Gasteiger partial charge in [-0.1, -0.05) is 37.3 Å². The summed E-state index contributed by atoms with van der Waals surface area (Å²) < 4.78 is 1.93. The van der Waals surface area contributed by atoms with E-state index in [1.54, 1.807) is 12.4 Å². The number of aryl methyl sites for hydroxylation is 1. The molecule has 0 spiro atoms. The first kappa shape index (κ1) is 18.7. The van der Waals surface area contributed by atoms with E-state index in [1.165, 1.54) is 5.56 Å². The summed E-state index contributed by atoms with van der Waals surface area (Å²) in [7, 11) is 1.96. The minimum Gasteiger partial charge on any atom is -0.298 e. The highest BCUT2D eigenvalue weighted by molar-refractivity contribution is 5.87. The van der Waals surface area contributed by atoms with Crippen LogP contribution in [-0.4, -0.2) is 25.8 Å². The van der Waals surface area contributed by atoms with Crippen molar-refractivity contribution in [2.24, 2.45) is 24.8 Å². The molecular formula is C24H23N5O. The summed E-state index contributed by atoms with van der Waals surface area (Å²) in [5.74, 6) is -0.588. The second-order valence-electron chi connectivity index (χ2n) is 8.49. The Morgan fingerprint density at radius 3 is 2.70 bits per heavy atom. The molecule has 0 bridgehead atoms. The van der Waals surface area contributed by atoms with Crippen LogP contribution in [0.25, 0.3) is 11.3 Å². The highest BCUT2D eigenvalue weighted by Gasteiger charge is 2.57. The second kappa shape index (κ2) is 6.88. The van der Waals surface area contributed by atoms with Gasteiger partial charge in [0.25, 0.3) is 0 Å². The molecule has 1 saturated carbocycles. The zero-order chi connectivity index (χ0) is 20.9. The summed E-state index contributed by atoms with van der Waals surface area (Å²) in [6, 6.07) is 14.6. The van der Waals surface area contributed by atoms with Gasteiger partial charge >= 0.3 is 0 Å². The summed E-state index contributed by atoms with van der Waals surface area (Å²) in [6.07, 6.45) is 5.70. The Hall–Kier alpha value is -3.33. The number of aromatic nitrogens is 4. The molecule has 2 heterocycles. The highest BCUT2D eigenvalue weighted by Crippen LogP contribution is 2.56. The minimum atomic E-state index is -0.615. The van der Waals surface area contributed by atoms with Crippen LogP contribution in [0.4, 0.5) is 0 Å². The molecule has 3 aromatic rings. The molecule has 30 heavy (non-hydrogen) atoms. The van der Waals surface area contributed by atoms with Gasteiger partial charge in [-0.3, -0.25) is 9.48 Å². The Bertz CT molecular complexity index is 1150. The lowest BCUT2D eigenvalue weighted by Crippen LogP contribution is -2.52. The first-order valence-electron chi connectivity index (χ1n) is 10.4. The number of ketones is 1. The summed E-state index contributed by atoms with van der Waals surface area (Å²) in [5, 5.41) is 22.8. The lowest BCUT2D eigenvalue weighted by Gasteiger charge is -2.50. The zero-order valence-electron chi connectivity index (χ0n) is 17.1. The molecule has 0 radical (unpaired) electrons. The van der Waals surface area contributed by atoms with Gasteiger partial charge in [0.1, 0.15) is 5.92 Å². The average molecular weight is 397 g/mol. The molecule has 4 atom stereocenters. The molecular weight excluding hydrogens is 374 g/mol. The van der Waals surface area contributed by atoms with Gasteiger partial charge in [-0.15, -0.1) is 0 Å². The van der Waals surface area contributed by atoms with Crippen molar-refractivity contribution in [3.8, 4) is 17.3 Å². The van der Waals surface area contributed by atoms with E-state index in [4.69, 9.17) is 5.10 Å². The van der Waals surface area contributed by atoms with Crippen LogP contribution < -0.4 is 0 Å². The molecule has 2 aliphatic carbocycles. The van der Waals surface area contributed by atoms with E-state index in [0.717, 1.165) is 35.4 Å². The number of hydrogen-bond donors (Lipinski definition) is 0. The first-order chi connectivity index (χ1) is 14.6. The van der Waals surface area contributed by atoms with Crippen molar-refractivity contribution < 1.29 is 4.79 Å². The summed E-state index contributed by atoms with van der Waals surface area (Å²) in [4.78, 5) is 12.9. The van der Waals surface area contributed by atoms with Crippen molar-refractivity contribution in [3.63, 3.8) is 0 Å². The van der Waals surface area contributed by atoms with Crippen LogP contribution in [-0.2, 0) is 23.7 Å². The van der Waals surface area contributed by atoms with Crippen molar-refractivity contribution >= 4 is 5.78 Å². The largest absolute Gasteiger partial charge is 0.298 e. The number of carbonyl (C=O) groups excluding carboxylic acids is 1. The van der Waals surface area contributed by atoms with Crippen molar-refractivity contribution in [1.82, 2.24) is 20.0 Å². The molecule has 150 valence electrons. The predicted octanol–water partition coefficient (Wildman–Crippen LogP) is 3.47. The van der Waals surface area contributed by atoms with Crippen LogP contribution in [0.2, 0.25) is 0 Å². The topological polar surface area (TPSA) is 84.5 Å². The number of carbonyl (C=O) groups is 1. The molecule has 0 aliphatic heterocycles. The van der Waals surface area contributed by atoms with Crippen LogP contribution in [0, 0.1) is 29.1 Å². The molecule has 2 aliphatic rings. The normalized spacial score (nSPS) is 27.8. The third-order valence-corrected chi connectivity index (χ3v) is 7.13. The first-order valence-corrected chi connectivity index (χ1v) is 10.4. The Morgan fingerprint density at radius 1 is 1.20 bits per heavy atom. The molecule has 1 unspecified atom stereocenters. The molecule has 1 aromatic carbocycles. The SMILES string of the molecule is C[C@@H]1C(=O)C(C#N)C[C@@]2(c3ccccc3)c3nn(C)c(-c4ccnnc4)c3CC[C@@H]12. The number of rotatable bonds is 2. The molecule has 6 nitrogen and oxygen atoms in total. The lowest BCUT2D eigenvalue weighted by molar-refractivity contribution is -0.131. The third kappa shape index (κ3) is 2.48. The van der Waals surface area contributed by atoms with Gasteiger partial charge in [-0.05, 0) is 36.8 Å². The third-order valence-electron chi connectivity index (χ3n) is 7.13. The predicted molar refractivity (Wildman–Crippen MR) is 111 cm³/mol. The molecule has 0 saturated heterocycles. The van der Waals surface area contributed by atoms with E-state index in [9.17, 15) is 10.1 Å². The van der Waals surface area contributed by atoms with Gasteiger partial charge in [0.05, 0.1) is 29.9 Å². The van der Waals surface area contributed by atoms with Gasteiger partial charge in [0.2, 0.25) is 0 Å². The number of Topliss-reactive ketones (excluding diaryl/α,β-unsaturated/α-hetero) is 1. The van der Waals surface area contributed by atoms with Crippen LogP contribution in [0.1, 0.15) is 36.6 Å². The summed E-state index contributed by atoms with van der Waals surface area (Å²) in [6.45, 7) is 2.00. The lowest BCUT2D eigenvalue weighted by atomic mass is 9.51. The maximum absolute atomic E-state index is 12.9. The van der Waals surface area contributed by atoms with Crippen molar-refractivity contribution in [1.29, 1.82) is 5.26 Å². The number of benzene rings is 1. The fourth-order valence-electron chi connectivity index (χ4n) is 5.85. The molecule has 2 aromatic heterocycles. The van der Waals surface area contributed by atoms with Crippen molar-refractivity contribution in [2.45, 2.75) is 31.6 Å². The van der Waals surface area contributed by atoms with Gasteiger partial charge in [-0.25, -0.2) is 0 Å². The number of nitriles is 1. The average Bonchev–Trinajstić information content (AvgIpc) is 3.13. The van der Waals surface area contributed by atoms with Crippen LogP contribution in [0.5, 0.6) is 0 Å². The Balaban J connectivity index is 1.79. The number of nitrogens with zero attached hydrogens (tertiary/aromatic N) is 5. The maximum atomic E-state index is 12.9. The van der Waals surface area contributed by atoms with Gasteiger partial charge in [-0.2, -0.15) is 20.6 Å². The molecule has 6 heteroatoms. The van der Waals surface area contributed by atoms with Crippen molar-refractivity contribution in [2.75, 3.05) is 0 Å². The van der Waals surface area contributed by atoms with E-state index in [-0.39, 0.29) is 17.6 Å². The second-order valence-corrected chi connectivity index (χ2v) is 8.49. The number of fused-ring (bicyclic) bond motifs is 3. The molecule has 0 N–H and O–H groups in total. The quantitative estimate of drug-likeness (QED) is 0.661. The molecule has 1 fully saturated rings. The monoisotopic (exact) mass is 397 g/mol. The Kier molecular flexibility index (Phi) is 4.28. The van der Waals surface area contributed by atoms with Gasteiger partial charge in [0.15, 0.2) is 5.78 Å². The standard InChI is InChI=1S/C24H23N5O/c1-15-20-9-8-19-21(16-10-11-26-27-14-16)29(2)28-23(19)24(20,12-17(13-25)22(15)30)18-6-4-3-5-7-18/h3-7,10-11,14-15,17,20H,8-9,12H2,1-2H3/t15-,17?,20-,24-/m0/s1. The van der Waals surface area contributed by atoms with Crippen LogP contribution >= 0.6 is 0 Å². The molecule has 5 rings (SSSR count). The van der Waals surface area contributed by atoms with Crippen LogP contribution in [0.3, 0.4) is 0 Å². The van der Waals surface area contributed by atoms with E-state index < -0.39 is 11.3 Å². The maximum Gasteiger partial charge on any atom is 0.153 e. The van der Waals surface area contributed by atoms with E-state index in [1.807, 2.05) is 42.9 Å². The number of hydrogen-bond acceptors (Lipinski definition) is 5. The minimum absolute atomic E-state index is 0.0759. The highest BCUT2D eigenvalue weighted by atomic mass is 16.1. The Morgan fingerprint density at radius 2 is 2.00 bits per heavy atom. The summed E-state index contributed by atoms with van der Waals surface area (Å²) >= 11 is 0.